The Balaban J connectivity index is 1.84. The molecule has 2 nitrogen and oxygen atoms in total. The Morgan fingerprint density at radius 1 is 1.38 bits per heavy atom. The number of hydrogen-bond acceptors (Lipinski definition) is 2. The van der Waals surface area contributed by atoms with Gasteiger partial charge in [-0.05, 0) is 62.9 Å². The summed E-state index contributed by atoms with van der Waals surface area (Å²) < 4.78 is 18.9. The number of nitrogens with one attached hydrogen (secondary N) is 1. The van der Waals surface area contributed by atoms with E-state index in [1.54, 1.807) is 12.1 Å². The highest BCUT2D eigenvalue weighted by Crippen LogP contribution is 2.45. The van der Waals surface area contributed by atoms with Crippen LogP contribution in [0.4, 0.5) is 4.39 Å². The molecule has 0 saturated heterocycles. The molecule has 118 valence electrons. The zero-order valence-corrected chi connectivity index (χ0v) is 13.7. The number of hydrogen-bond donors (Lipinski definition) is 1. The van der Waals surface area contributed by atoms with Crippen molar-refractivity contribution in [2.24, 2.45) is 5.41 Å². The van der Waals surface area contributed by atoms with Crippen LogP contribution in [0.2, 0.25) is 0 Å². The third kappa shape index (κ3) is 3.46. The molecule has 0 bridgehead atoms. The molecule has 1 aliphatic rings. The van der Waals surface area contributed by atoms with Gasteiger partial charge < -0.3 is 10.1 Å². The first kappa shape index (κ1) is 16.4. The smallest absolute Gasteiger partial charge is 0.123 e. The predicted octanol–water partition coefficient (Wildman–Crippen LogP) is 3.86. The van der Waals surface area contributed by atoms with Gasteiger partial charge in [0.15, 0.2) is 0 Å². The lowest BCUT2D eigenvalue weighted by molar-refractivity contribution is -0.125. The molecule has 0 aromatic heterocycles. The van der Waals surface area contributed by atoms with Gasteiger partial charge in [0, 0.05) is 18.1 Å². The summed E-state index contributed by atoms with van der Waals surface area (Å²) >= 11 is 0. The third-order valence-electron chi connectivity index (χ3n) is 5.20. The Kier molecular flexibility index (Phi) is 5.39. The molecule has 1 N–H and O–H groups in total. The minimum absolute atomic E-state index is 0.152. The molecular weight excluding hydrogens is 265 g/mol. The average molecular weight is 293 g/mol. The van der Waals surface area contributed by atoms with Crippen molar-refractivity contribution >= 4 is 0 Å². The Labute approximate surface area is 128 Å². The van der Waals surface area contributed by atoms with Crippen LogP contribution < -0.4 is 5.32 Å². The van der Waals surface area contributed by atoms with Crippen molar-refractivity contribution in [3.8, 4) is 0 Å². The normalized spacial score (nSPS) is 28.4. The number of ether oxygens (including phenoxy) is 1. The Morgan fingerprint density at radius 3 is 2.76 bits per heavy atom. The van der Waals surface area contributed by atoms with Gasteiger partial charge in [0.25, 0.3) is 0 Å². The summed E-state index contributed by atoms with van der Waals surface area (Å²) in [5.74, 6) is -0.152. The molecule has 1 aromatic rings. The van der Waals surface area contributed by atoms with Crippen LogP contribution in [0.5, 0.6) is 0 Å². The molecule has 0 radical (unpaired) electrons. The number of aryl methyl sites for hydroxylation is 1. The van der Waals surface area contributed by atoms with E-state index in [2.05, 4.69) is 26.1 Å². The van der Waals surface area contributed by atoms with Gasteiger partial charge in [0.05, 0.1) is 6.10 Å². The molecule has 1 fully saturated rings. The molecule has 3 unspecified atom stereocenters. The van der Waals surface area contributed by atoms with E-state index in [0.29, 0.717) is 12.1 Å². The summed E-state index contributed by atoms with van der Waals surface area (Å²) in [7, 11) is 0. The molecule has 3 atom stereocenters. The molecule has 2 rings (SSSR count). The van der Waals surface area contributed by atoms with Crippen molar-refractivity contribution in [2.75, 3.05) is 13.2 Å². The summed E-state index contributed by atoms with van der Waals surface area (Å²) in [6.07, 6.45) is 3.56. The van der Waals surface area contributed by atoms with Gasteiger partial charge in [-0.3, -0.25) is 0 Å². The molecule has 1 aliphatic carbocycles. The minimum Gasteiger partial charge on any atom is -0.378 e. The highest BCUT2D eigenvalue weighted by Gasteiger charge is 2.50. The summed E-state index contributed by atoms with van der Waals surface area (Å²) in [6, 6.07) is 5.59. The topological polar surface area (TPSA) is 21.3 Å². The minimum atomic E-state index is -0.152. The van der Waals surface area contributed by atoms with E-state index in [4.69, 9.17) is 4.74 Å². The van der Waals surface area contributed by atoms with Gasteiger partial charge in [-0.15, -0.1) is 0 Å². The molecule has 0 spiro atoms. The summed E-state index contributed by atoms with van der Waals surface area (Å²) in [5, 5.41) is 3.67. The fraction of sp³-hybridized carbons (Fsp3) is 0.667. The van der Waals surface area contributed by atoms with Crippen LogP contribution in [0.1, 0.15) is 44.7 Å². The van der Waals surface area contributed by atoms with Gasteiger partial charge in [-0.25, -0.2) is 4.39 Å². The third-order valence-corrected chi connectivity index (χ3v) is 5.20. The van der Waals surface area contributed by atoms with Gasteiger partial charge >= 0.3 is 0 Å². The molecule has 0 heterocycles. The lowest BCUT2D eigenvalue weighted by Gasteiger charge is -2.53. The van der Waals surface area contributed by atoms with E-state index in [1.807, 2.05) is 13.0 Å². The first-order chi connectivity index (χ1) is 10.0. The van der Waals surface area contributed by atoms with Gasteiger partial charge in [0.1, 0.15) is 5.82 Å². The van der Waals surface area contributed by atoms with Gasteiger partial charge in [-0.1, -0.05) is 19.9 Å². The van der Waals surface area contributed by atoms with E-state index in [1.165, 1.54) is 5.56 Å². The maximum absolute atomic E-state index is 13.1. The SMILES string of the molecule is CCOC1CC(NCCc2ccc(F)cc2C)C1(C)CC. The van der Waals surface area contributed by atoms with Crippen molar-refractivity contribution < 1.29 is 9.13 Å². The Morgan fingerprint density at radius 2 is 2.14 bits per heavy atom. The van der Waals surface area contributed by atoms with E-state index in [0.717, 1.165) is 38.0 Å². The van der Waals surface area contributed by atoms with Crippen molar-refractivity contribution in [1.29, 1.82) is 0 Å². The largest absolute Gasteiger partial charge is 0.378 e. The van der Waals surface area contributed by atoms with Gasteiger partial charge in [-0.2, -0.15) is 0 Å². The first-order valence-corrected chi connectivity index (χ1v) is 8.11. The van der Waals surface area contributed by atoms with Crippen molar-refractivity contribution in [1.82, 2.24) is 5.32 Å². The van der Waals surface area contributed by atoms with Crippen molar-refractivity contribution in [3.05, 3.63) is 35.1 Å². The second-order valence-corrected chi connectivity index (χ2v) is 6.37. The average Bonchev–Trinajstić information content (AvgIpc) is 2.46. The first-order valence-electron chi connectivity index (χ1n) is 8.11. The van der Waals surface area contributed by atoms with E-state index < -0.39 is 0 Å². The van der Waals surface area contributed by atoms with Gasteiger partial charge in [0.2, 0.25) is 0 Å². The van der Waals surface area contributed by atoms with Crippen LogP contribution in [0.25, 0.3) is 0 Å². The molecule has 21 heavy (non-hydrogen) atoms. The maximum atomic E-state index is 13.1. The lowest BCUT2D eigenvalue weighted by atomic mass is 9.61. The standard InChI is InChI=1S/C18H28FNO/c1-5-18(4)16(12-17(18)21-6-2)20-10-9-14-7-8-15(19)11-13(14)3/h7-8,11,16-17,20H,5-6,9-10,12H2,1-4H3. The summed E-state index contributed by atoms with van der Waals surface area (Å²) in [5.41, 5.74) is 2.51. The Hall–Kier alpha value is -0.930. The van der Waals surface area contributed by atoms with Crippen molar-refractivity contribution in [2.45, 2.75) is 59.1 Å². The highest BCUT2D eigenvalue weighted by atomic mass is 19.1. The number of benzene rings is 1. The molecule has 1 saturated carbocycles. The number of halogens is 1. The molecule has 1 aromatic carbocycles. The van der Waals surface area contributed by atoms with Crippen molar-refractivity contribution in [3.63, 3.8) is 0 Å². The molecular formula is C18H28FNO. The second-order valence-electron chi connectivity index (χ2n) is 6.37. The summed E-state index contributed by atoms with van der Waals surface area (Å²) in [6.45, 7) is 10.3. The second kappa shape index (κ2) is 6.89. The zero-order chi connectivity index (χ0) is 15.5. The fourth-order valence-electron chi connectivity index (χ4n) is 3.39. The lowest BCUT2D eigenvalue weighted by Crippen LogP contribution is -2.62. The Bertz CT molecular complexity index is 476. The quantitative estimate of drug-likeness (QED) is 0.824. The van der Waals surface area contributed by atoms with E-state index in [-0.39, 0.29) is 11.2 Å². The van der Waals surface area contributed by atoms with Crippen LogP contribution in [0.15, 0.2) is 18.2 Å². The van der Waals surface area contributed by atoms with Crippen LogP contribution in [-0.2, 0) is 11.2 Å². The van der Waals surface area contributed by atoms with Crippen LogP contribution >= 0.6 is 0 Å². The van der Waals surface area contributed by atoms with Crippen LogP contribution in [0.3, 0.4) is 0 Å². The maximum Gasteiger partial charge on any atom is 0.123 e. The zero-order valence-electron chi connectivity index (χ0n) is 13.7. The van der Waals surface area contributed by atoms with E-state index >= 15 is 0 Å². The predicted molar refractivity (Wildman–Crippen MR) is 85.1 cm³/mol. The summed E-state index contributed by atoms with van der Waals surface area (Å²) in [4.78, 5) is 0. The molecule has 0 aliphatic heterocycles. The van der Waals surface area contributed by atoms with Crippen LogP contribution in [0, 0.1) is 18.2 Å². The van der Waals surface area contributed by atoms with E-state index in [9.17, 15) is 4.39 Å². The molecule has 3 heteroatoms. The van der Waals surface area contributed by atoms with Crippen LogP contribution in [-0.4, -0.2) is 25.3 Å². The monoisotopic (exact) mass is 293 g/mol. The fourth-order valence-corrected chi connectivity index (χ4v) is 3.39. The number of rotatable bonds is 7. The molecule has 0 amide bonds. The highest BCUT2D eigenvalue weighted by molar-refractivity contribution is 5.26.